The Kier molecular flexibility index (Phi) is 23.9. The smallest absolute Gasteiger partial charge is 0.305 e. The number of carbonyl (C=O) groups excluding carboxylic acids is 2. The molecule has 0 saturated carbocycles. The van der Waals surface area contributed by atoms with Crippen LogP contribution >= 0.6 is 0 Å². The maximum Gasteiger partial charge on any atom is 0.305 e. The van der Waals surface area contributed by atoms with Gasteiger partial charge in [-0.05, 0) is 166 Å². The molecule has 0 fully saturated rings. The Morgan fingerprint density at radius 1 is 0.544 bits per heavy atom. The largest absolute Gasteiger partial charge is 0.496 e. The summed E-state index contributed by atoms with van der Waals surface area (Å²) < 4.78 is 44.5. The number of hydrogen-bond donors (Lipinski definition) is 2. The molecule has 0 aliphatic rings. The van der Waals surface area contributed by atoms with E-state index < -0.39 is 0 Å². The molecule has 1 unspecified atom stereocenters. The quantitative estimate of drug-likeness (QED) is 0.0346. The summed E-state index contributed by atoms with van der Waals surface area (Å²) in [7, 11) is 13.5. The van der Waals surface area contributed by atoms with Gasteiger partial charge in [0, 0.05) is 31.3 Å². The lowest BCUT2D eigenvalue weighted by Gasteiger charge is -2.23. The van der Waals surface area contributed by atoms with E-state index in [0.717, 1.165) is 111 Å². The summed E-state index contributed by atoms with van der Waals surface area (Å²) in [5.41, 5.74) is 14.7. The summed E-state index contributed by atoms with van der Waals surface area (Å²) in [5.74, 6) is 5.54. The number of hydrogen-bond acceptors (Lipinski definition) is 12. The second-order valence-corrected chi connectivity index (χ2v) is 17.8. The van der Waals surface area contributed by atoms with Crippen LogP contribution in [0.2, 0.25) is 0 Å². The van der Waals surface area contributed by atoms with Crippen molar-refractivity contribution in [3.8, 4) is 40.2 Å². The molecule has 0 radical (unpaired) electrons. The summed E-state index contributed by atoms with van der Waals surface area (Å²) in [5, 5.41) is 3.50. The molecule has 4 aromatic carbocycles. The molecule has 12 heteroatoms. The first-order valence-corrected chi connectivity index (χ1v) is 24.4. The number of ether oxygens (including phenoxy) is 8. The van der Waals surface area contributed by atoms with Gasteiger partial charge in [-0.1, -0.05) is 44.4 Å². The molecule has 0 heterocycles. The number of nitrogens with one attached hydrogen (secondary N) is 1. The van der Waals surface area contributed by atoms with E-state index >= 15 is 0 Å². The molecule has 3 N–H and O–H groups in total. The standard InChI is InChI=1S/C56H80N2O10/c1-38(21-25-43-30-39(2)51(63-6)36-45(43)47(57)31-40-23-27-49(61-4)52(33-40)64-7)22-26-44(59)19-15-11-12-17-29-68-56(60)20-16-13-14-18-42-35-54(66-9)55(67-10)37-46(42)48(58-3)32-41-24-28-50(62-5)53(34-41)65-8/h23-24,27-28,30,33-38,47-48,58H,11-22,25-26,29,31-32,57H2,1-10H3/t38?,47-,48-/m1/s1. The number of methoxy groups -OCH3 is 7. The minimum Gasteiger partial charge on any atom is -0.496 e. The van der Waals surface area contributed by atoms with Crippen LogP contribution in [0.4, 0.5) is 0 Å². The van der Waals surface area contributed by atoms with Crippen LogP contribution in [0.3, 0.4) is 0 Å². The van der Waals surface area contributed by atoms with Gasteiger partial charge in [0.15, 0.2) is 34.5 Å². The van der Waals surface area contributed by atoms with E-state index in [1.54, 1.807) is 49.8 Å². The summed E-state index contributed by atoms with van der Waals surface area (Å²) in [4.78, 5) is 25.4. The number of benzene rings is 4. The Labute approximate surface area is 406 Å². The van der Waals surface area contributed by atoms with Gasteiger partial charge in [-0.25, -0.2) is 0 Å². The molecule has 0 spiro atoms. The summed E-state index contributed by atoms with van der Waals surface area (Å²) in [6.07, 6.45) is 12.7. The van der Waals surface area contributed by atoms with Crippen molar-refractivity contribution in [3.63, 3.8) is 0 Å². The third-order valence-electron chi connectivity index (χ3n) is 13.0. The predicted octanol–water partition coefficient (Wildman–Crippen LogP) is 11.0. The van der Waals surface area contributed by atoms with E-state index in [0.29, 0.717) is 78.5 Å². The molecule has 4 rings (SSSR count). The molecule has 0 amide bonds. The second-order valence-electron chi connectivity index (χ2n) is 17.8. The van der Waals surface area contributed by atoms with Crippen molar-refractivity contribution in [2.75, 3.05) is 63.4 Å². The first-order chi connectivity index (χ1) is 32.9. The second kappa shape index (κ2) is 29.4. The maximum absolute atomic E-state index is 12.8. The lowest BCUT2D eigenvalue weighted by atomic mass is 9.88. The fourth-order valence-electron chi connectivity index (χ4n) is 8.88. The van der Waals surface area contributed by atoms with Crippen LogP contribution in [0.1, 0.15) is 135 Å². The van der Waals surface area contributed by atoms with Gasteiger partial charge in [-0.3, -0.25) is 9.59 Å². The molecular weight excluding hydrogens is 861 g/mol. The van der Waals surface area contributed by atoms with Gasteiger partial charge < -0.3 is 48.9 Å². The molecule has 0 bridgehead atoms. The fourth-order valence-corrected chi connectivity index (χ4v) is 8.88. The summed E-state index contributed by atoms with van der Waals surface area (Å²) >= 11 is 0. The minimum atomic E-state index is -0.226. The van der Waals surface area contributed by atoms with Gasteiger partial charge in [0.05, 0.1) is 56.4 Å². The number of Topliss-reactive ketones (excluding diaryl/α,β-unsaturated/α-hetero) is 1. The van der Waals surface area contributed by atoms with Gasteiger partial charge in [-0.2, -0.15) is 0 Å². The van der Waals surface area contributed by atoms with Crippen LogP contribution in [0.25, 0.3) is 0 Å². The van der Waals surface area contributed by atoms with E-state index in [1.807, 2.05) is 37.4 Å². The number of unbranched alkanes of at least 4 members (excludes halogenated alkanes) is 5. The number of aryl methyl sites for hydroxylation is 3. The van der Waals surface area contributed by atoms with Crippen molar-refractivity contribution in [3.05, 3.63) is 99.6 Å². The van der Waals surface area contributed by atoms with E-state index in [9.17, 15) is 9.59 Å². The Bertz CT molecular complexity index is 2170. The highest BCUT2D eigenvalue weighted by Gasteiger charge is 2.21. The van der Waals surface area contributed by atoms with Gasteiger partial charge in [-0.15, -0.1) is 0 Å². The Balaban J connectivity index is 1.11. The Morgan fingerprint density at radius 2 is 1.07 bits per heavy atom. The van der Waals surface area contributed by atoms with E-state index in [2.05, 4.69) is 49.5 Å². The topological polar surface area (TPSA) is 146 Å². The van der Waals surface area contributed by atoms with Crippen molar-refractivity contribution < 1.29 is 47.5 Å². The molecule has 0 aliphatic heterocycles. The normalized spacial score (nSPS) is 12.5. The number of esters is 1. The zero-order valence-corrected chi connectivity index (χ0v) is 42.7. The molecule has 0 aromatic heterocycles. The van der Waals surface area contributed by atoms with Gasteiger partial charge in [0.1, 0.15) is 11.5 Å². The van der Waals surface area contributed by atoms with E-state index in [-0.39, 0.29) is 18.1 Å². The monoisotopic (exact) mass is 941 g/mol. The van der Waals surface area contributed by atoms with Gasteiger partial charge in [0.2, 0.25) is 0 Å². The van der Waals surface area contributed by atoms with Gasteiger partial charge >= 0.3 is 5.97 Å². The first kappa shape index (κ1) is 55.1. The molecule has 4 aromatic rings. The van der Waals surface area contributed by atoms with Crippen LogP contribution < -0.4 is 44.2 Å². The van der Waals surface area contributed by atoms with Crippen LogP contribution in [-0.2, 0) is 40.0 Å². The highest BCUT2D eigenvalue weighted by Crippen LogP contribution is 2.37. The lowest BCUT2D eigenvalue weighted by Crippen LogP contribution is -2.21. The number of likely N-dealkylation sites (N-methyl/N-ethyl adjacent to an activating group) is 1. The molecule has 0 saturated heterocycles. The van der Waals surface area contributed by atoms with Gasteiger partial charge in [0.25, 0.3) is 0 Å². The number of rotatable bonds is 33. The Morgan fingerprint density at radius 3 is 1.69 bits per heavy atom. The summed E-state index contributed by atoms with van der Waals surface area (Å²) in [6.45, 7) is 4.71. The lowest BCUT2D eigenvalue weighted by molar-refractivity contribution is -0.143. The number of carbonyl (C=O) groups is 2. The fraction of sp³-hybridized carbons (Fsp3) is 0.536. The van der Waals surface area contributed by atoms with E-state index in [4.69, 9.17) is 43.6 Å². The van der Waals surface area contributed by atoms with Crippen LogP contribution in [-0.4, -0.2) is 75.2 Å². The predicted molar refractivity (Wildman–Crippen MR) is 270 cm³/mol. The summed E-state index contributed by atoms with van der Waals surface area (Å²) in [6, 6.07) is 20.1. The number of nitrogens with two attached hydrogens (primary N) is 1. The molecule has 0 aliphatic carbocycles. The third-order valence-corrected chi connectivity index (χ3v) is 13.0. The van der Waals surface area contributed by atoms with Crippen molar-refractivity contribution in [2.45, 2.75) is 129 Å². The Hall–Kier alpha value is -5.46. The third kappa shape index (κ3) is 16.9. The van der Waals surface area contributed by atoms with Crippen molar-refractivity contribution >= 4 is 11.8 Å². The molecule has 12 nitrogen and oxygen atoms in total. The SMILES string of the molecule is CN[C@H](Cc1ccc(OC)c(OC)c1)c1cc(OC)c(OC)cc1CCCCCC(=O)OCCCCCCC(=O)CCC(C)CCc1cc(C)c(OC)cc1[C@H](N)Cc1ccc(OC)c(OC)c1. The first-order valence-electron chi connectivity index (χ1n) is 24.4. The van der Waals surface area contributed by atoms with Crippen molar-refractivity contribution in [2.24, 2.45) is 11.7 Å². The van der Waals surface area contributed by atoms with Crippen LogP contribution in [0.5, 0.6) is 40.2 Å². The number of ketones is 1. The van der Waals surface area contributed by atoms with E-state index in [1.165, 1.54) is 11.1 Å². The zero-order valence-electron chi connectivity index (χ0n) is 42.7. The van der Waals surface area contributed by atoms with Crippen molar-refractivity contribution in [1.82, 2.24) is 5.32 Å². The van der Waals surface area contributed by atoms with Crippen LogP contribution in [0, 0.1) is 12.8 Å². The average Bonchev–Trinajstić information content (AvgIpc) is 3.35. The molecule has 374 valence electrons. The average molecular weight is 941 g/mol. The molecule has 68 heavy (non-hydrogen) atoms. The van der Waals surface area contributed by atoms with Crippen LogP contribution in [0.15, 0.2) is 60.7 Å². The zero-order chi connectivity index (χ0) is 49.4. The maximum atomic E-state index is 12.8. The minimum absolute atomic E-state index is 0.0177. The van der Waals surface area contributed by atoms with Crippen molar-refractivity contribution in [1.29, 1.82) is 0 Å². The highest BCUT2D eigenvalue weighted by molar-refractivity contribution is 5.78. The molecule has 3 atom stereocenters. The molecular formula is C56H80N2O10. The highest BCUT2D eigenvalue weighted by atomic mass is 16.5.